The fraction of sp³-hybridized carbons (Fsp3) is 0.862. The minimum absolute atomic E-state index is 0.145. The monoisotopic (exact) mass is 559 g/mol. The zero-order chi connectivity index (χ0) is 30.0. The number of rotatable bonds is 22. The molecule has 0 aliphatic heterocycles. The predicted octanol–water partition coefficient (Wildman–Crippen LogP) is 3.99. The van der Waals surface area contributed by atoms with E-state index in [1.165, 1.54) is 0 Å². The fourth-order valence-electron chi connectivity index (χ4n) is 3.97. The van der Waals surface area contributed by atoms with Gasteiger partial charge < -0.3 is 30.1 Å². The summed E-state index contributed by atoms with van der Waals surface area (Å²) in [5.74, 6) is -1.95. The highest BCUT2D eigenvalue weighted by Gasteiger charge is 2.26. The van der Waals surface area contributed by atoms with E-state index >= 15 is 0 Å². The second-order valence-electron chi connectivity index (χ2n) is 11.8. The van der Waals surface area contributed by atoms with Crippen LogP contribution in [0.3, 0.4) is 0 Å². The van der Waals surface area contributed by atoms with Gasteiger partial charge in [-0.2, -0.15) is 0 Å². The zero-order valence-corrected chi connectivity index (χ0v) is 24.8. The summed E-state index contributed by atoms with van der Waals surface area (Å²) in [5.41, 5.74) is 0. The van der Waals surface area contributed by atoms with E-state index in [9.17, 15) is 29.4 Å². The van der Waals surface area contributed by atoms with Gasteiger partial charge in [0.05, 0.1) is 32.0 Å². The van der Waals surface area contributed by atoms with Crippen LogP contribution < -0.4 is 5.32 Å². The van der Waals surface area contributed by atoms with Gasteiger partial charge in [0.15, 0.2) is 0 Å². The van der Waals surface area contributed by atoms with E-state index in [0.717, 1.165) is 25.7 Å². The van der Waals surface area contributed by atoms with E-state index in [4.69, 9.17) is 14.6 Å². The minimum Gasteiger partial charge on any atom is -0.480 e. The Balaban J connectivity index is 5.22. The number of carbonyl (C=O) groups excluding carboxylic acids is 3. The Bertz CT molecular complexity index is 724. The van der Waals surface area contributed by atoms with E-state index in [1.807, 2.05) is 27.7 Å². The number of aliphatic hydroxyl groups is 2. The molecule has 0 aromatic rings. The van der Waals surface area contributed by atoms with Crippen molar-refractivity contribution in [3.05, 3.63) is 0 Å². The summed E-state index contributed by atoms with van der Waals surface area (Å²) in [6, 6.07) is -1.44. The third-order valence-corrected chi connectivity index (χ3v) is 6.32. The van der Waals surface area contributed by atoms with Gasteiger partial charge in [-0.15, -0.1) is 0 Å². The lowest BCUT2D eigenvalue weighted by Gasteiger charge is -2.22. The van der Waals surface area contributed by atoms with E-state index in [2.05, 4.69) is 19.2 Å². The number of carboxylic acid groups (broad SMARTS) is 1. The van der Waals surface area contributed by atoms with Crippen LogP contribution in [0.15, 0.2) is 0 Å². The maximum absolute atomic E-state index is 12.9. The molecular formula is C29H53NO9. The van der Waals surface area contributed by atoms with Crippen LogP contribution >= 0.6 is 0 Å². The molecule has 0 fully saturated rings. The van der Waals surface area contributed by atoms with Crippen LogP contribution in [0.1, 0.15) is 112 Å². The van der Waals surface area contributed by atoms with E-state index < -0.39 is 54.8 Å². The van der Waals surface area contributed by atoms with Crippen molar-refractivity contribution in [1.29, 1.82) is 0 Å². The Morgan fingerprint density at radius 3 is 1.67 bits per heavy atom. The molecule has 10 heteroatoms. The summed E-state index contributed by atoms with van der Waals surface area (Å²) in [5, 5.41) is 30.7. The standard InChI is InChI=1S/C29H53NO9/c1-19(2)9-7-8-10-23(16-26(33)30-25(18-31)29(36)37)38-28(35)17-24(14-12-21(5)6)39-27(34)15-22(32)13-11-20(3)4/h19-25,31-32H,7-18H2,1-6H3,(H,30,33)(H,36,37)/t22-,23+,24+,25+/m0/s1. The Morgan fingerprint density at radius 2 is 1.15 bits per heavy atom. The maximum Gasteiger partial charge on any atom is 0.328 e. The number of esters is 2. The molecule has 0 unspecified atom stereocenters. The third kappa shape index (κ3) is 20.4. The van der Waals surface area contributed by atoms with Crippen molar-refractivity contribution in [3.63, 3.8) is 0 Å². The molecule has 39 heavy (non-hydrogen) atoms. The number of aliphatic carboxylic acids is 1. The van der Waals surface area contributed by atoms with Gasteiger partial charge in [0.1, 0.15) is 18.2 Å². The Labute approximate surface area is 234 Å². The largest absolute Gasteiger partial charge is 0.480 e. The van der Waals surface area contributed by atoms with Crippen LogP contribution in [0, 0.1) is 17.8 Å². The lowest BCUT2D eigenvalue weighted by Crippen LogP contribution is -2.44. The molecule has 0 aromatic carbocycles. The van der Waals surface area contributed by atoms with Gasteiger partial charge in [-0.3, -0.25) is 14.4 Å². The van der Waals surface area contributed by atoms with Crippen LogP contribution in [0.4, 0.5) is 0 Å². The second-order valence-corrected chi connectivity index (χ2v) is 11.8. The van der Waals surface area contributed by atoms with Crippen molar-refractivity contribution in [1.82, 2.24) is 5.32 Å². The van der Waals surface area contributed by atoms with Crippen LogP contribution in [0.2, 0.25) is 0 Å². The number of carboxylic acids is 1. The average molecular weight is 560 g/mol. The molecule has 0 radical (unpaired) electrons. The SMILES string of the molecule is CC(C)CCCC[C@H](CC(=O)N[C@H](CO)C(=O)O)OC(=O)C[C@@H](CCC(C)C)OC(=O)C[C@@H](O)CCC(C)C. The lowest BCUT2D eigenvalue weighted by atomic mass is 10.0. The topological polar surface area (TPSA) is 159 Å². The molecule has 0 saturated heterocycles. The normalized spacial score (nSPS) is 14.6. The van der Waals surface area contributed by atoms with Gasteiger partial charge in [-0.05, 0) is 56.3 Å². The Hall–Kier alpha value is -2.20. The first-order chi connectivity index (χ1) is 18.2. The summed E-state index contributed by atoms with van der Waals surface area (Å²) in [4.78, 5) is 48.9. The highest BCUT2D eigenvalue weighted by molar-refractivity contribution is 5.84. The number of ether oxygens (including phenoxy) is 2. The van der Waals surface area contributed by atoms with Gasteiger partial charge >= 0.3 is 17.9 Å². The lowest BCUT2D eigenvalue weighted by molar-refractivity contribution is -0.160. The Kier molecular flexibility index (Phi) is 19.5. The summed E-state index contributed by atoms with van der Waals surface area (Å²) in [6.45, 7) is 11.6. The number of hydrogen-bond acceptors (Lipinski definition) is 8. The van der Waals surface area contributed by atoms with E-state index in [-0.39, 0.29) is 19.3 Å². The summed E-state index contributed by atoms with van der Waals surface area (Å²) in [6.07, 6.45) is 2.58. The molecule has 0 aliphatic rings. The molecule has 0 aromatic heterocycles. The molecule has 1 amide bonds. The van der Waals surface area contributed by atoms with E-state index in [1.54, 1.807) is 0 Å². The Morgan fingerprint density at radius 1 is 0.667 bits per heavy atom. The van der Waals surface area contributed by atoms with Crippen molar-refractivity contribution in [2.24, 2.45) is 17.8 Å². The first kappa shape index (κ1) is 36.8. The summed E-state index contributed by atoms with van der Waals surface area (Å²) >= 11 is 0. The predicted molar refractivity (Wildman–Crippen MR) is 148 cm³/mol. The van der Waals surface area contributed by atoms with Crippen molar-refractivity contribution in [2.75, 3.05) is 6.61 Å². The number of carbonyl (C=O) groups is 4. The minimum atomic E-state index is -1.44. The molecule has 0 heterocycles. The van der Waals surface area contributed by atoms with Gasteiger partial charge in [-0.1, -0.05) is 54.4 Å². The number of aliphatic hydroxyl groups excluding tert-OH is 2. The highest BCUT2D eigenvalue weighted by atomic mass is 16.6. The van der Waals surface area contributed by atoms with Crippen molar-refractivity contribution in [3.8, 4) is 0 Å². The molecule has 0 saturated carbocycles. The number of amides is 1. The average Bonchev–Trinajstić information content (AvgIpc) is 2.81. The fourth-order valence-corrected chi connectivity index (χ4v) is 3.97. The first-order valence-electron chi connectivity index (χ1n) is 14.4. The molecule has 10 nitrogen and oxygen atoms in total. The molecule has 0 rings (SSSR count). The second kappa shape index (κ2) is 20.7. The van der Waals surface area contributed by atoms with Crippen LogP contribution in [-0.2, 0) is 28.7 Å². The van der Waals surface area contributed by atoms with Gasteiger partial charge in [0.25, 0.3) is 0 Å². The van der Waals surface area contributed by atoms with Crippen LogP contribution in [0.5, 0.6) is 0 Å². The van der Waals surface area contributed by atoms with Gasteiger partial charge in [0.2, 0.25) is 5.91 Å². The maximum atomic E-state index is 12.9. The van der Waals surface area contributed by atoms with Crippen molar-refractivity contribution < 1.29 is 44.0 Å². The highest BCUT2D eigenvalue weighted by Crippen LogP contribution is 2.19. The van der Waals surface area contributed by atoms with Crippen molar-refractivity contribution >= 4 is 23.8 Å². The number of hydrogen-bond donors (Lipinski definition) is 4. The number of nitrogens with one attached hydrogen (secondary N) is 1. The zero-order valence-electron chi connectivity index (χ0n) is 24.8. The molecule has 0 bridgehead atoms. The smallest absolute Gasteiger partial charge is 0.328 e. The molecule has 0 spiro atoms. The van der Waals surface area contributed by atoms with E-state index in [0.29, 0.717) is 43.4 Å². The van der Waals surface area contributed by atoms with Crippen LogP contribution in [-0.4, -0.2) is 70.1 Å². The van der Waals surface area contributed by atoms with Crippen LogP contribution in [0.25, 0.3) is 0 Å². The summed E-state index contributed by atoms with van der Waals surface area (Å²) in [7, 11) is 0. The molecule has 0 aliphatic carbocycles. The van der Waals surface area contributed by atoms with Gasteiger partial charge in [0, 0.05) is 0 Å². The van der Waals surface area contributed by atoms with Gasteiger partial charge in [-0.25, -0.2) is 4.79 Å². The van der Waals surface area contributed by atoms with Crippen molar-refractivity contribution in [2.45, 2.75) is 137 Å². The quantitative estimate of drug-likeness (QED) is 0.114. The third-order valence-electron chi connectivity index (χ3n) is 6.32. The first-order valence-corrected chi connectivity index (χ1v) is 14.4. The molecule has 4 atom stereocenters. The molecular weight excluding hydrogens is 506 g/mol. The molecule has 228 valence electrons. The summed E-state index contributed by atoms with van der Waals surface area (Å²) < 4.78 is 11.2. The number of unbranched alkanes of at least 4 members (excludes halogenated alkanes) is 1. The molecule has 4 N–H and O–H groups in total.